The Kier molecular flexibility index (Phi) is 8.68. The molecule has 2 amide bonds. The Morgan fingerprint density at radius 2 is 1.87 bits per heavy atom. The molecule has 9 nitrogen and oxygen atoms in total. The summed E-state index contributed by atoms with van der Waals surface area (Å²) in [6.45, 7) is 4.29. The molecule has 3 heterocycles. The standard InChI is InChI=1S/C35H41N5O4S/c1-6-21(2)45(43)38-34(41)23-12-14-28-30(18-23)40-20-25(32-29(35(42)36-3)19-37-39(32)4)16-24-17-26(44-5)13-15-27(24)33(40)31(28)22-10-8-7-9-11-22/h12-19,21-22H,6-11,20H2,1-5H3,(H,36,42)(H,38,41). The first kappa shape index (κ1) is 30.8. The highest BCUT2D eigenvalue weighted by atomic mass is 32.2. The highest BCUT2D eigenvalue weighted by Gasteiger charge is 2.31. The van der Waals surface area contributed by atoms with Crippen LogP contribution in [0, 0.1) is 0 Å². The fourth-order valence-corrected chi connectivity index (χ4v) is 7.65. The number of amides is 2. The quantitative estimate of drug-likeness (QED) is 0.242. The Morgan fingerprint density at radius 3 is 2.58 bits per heavy atom. The van der Waals surface area contributed by atoms with Crippen LogP contribution in [0.15, 0.2) is 42.6 Å². The molecule has 45 heavy (non-hydrogen) atoms. The van der Waals surface area contributed by atoms with Crippen LogP contribution in [0.5, 0.6) is 5.75 Å². The molecule has 1 saturated carbocycles. The van der Waals surface area contributed by atoms with E-state index in [1.807, 2.05) is 45.2 Å². The molecular weight excluding hydrogens is 586 g/mol. The maximum absolute atomic E-state index is 13.4. The number of nitrogens with zero attached hydrogens (tertiary/aromatic N) is 3. The number of aryl methyl sites for hydroxylation is 1. The topological polar surface area (TPSA) is 107 Å². The van der Waals surface area contributed by atoms with Crippen molar-refractivity contribution in [1.29, 1.82) is 0 Å². The van der Waals surface area contributed by atoms with E-state index in [-0.39, 0.29) is 17.1 Å². The monoisotopic (exact) mass is 627 g/mol. The summed E-state index contributed by atoms with van der Waals surface area (Å²) in [7, 11) is 3.66. The van der Waals surface area contributed by atoms with Crippen molar-refractivity contribution in [1.82, 2.24) is 24.4 Å². The summed E-state index contributed by atoms with van der Waals surface area (Å²) < 4.78 is 25.1. The van der Waals surface area contributed by atoms with Gasteiger partial charge in [-0.1, -0.05) is 32.3 Å². The van der Waals surface area contributed by atoms with Gasteiger partial charge in [0.25, 0.3) is 11.8 Å². The Hall–Kier alpha value is -4.18. The molecule has 2 atom stereocenters. The van der Waals surface area contributed by atoms with Gasteiger partial charge < -0.3 is 14.6 Å². The highest BCUT2D eigenvalue weighted by Crippen LogP contribution is 2.48. The number of methoxy groups -OCH3 is 1. The van der Waals surface area contributed by atoms with E-state index in [1.54, 1.807) is 25.0 Å². The summed E-state index contributed by atoms with van der Waals surface area (Å²) in [6, 6.07) is 12.0. The van der Waals surface area contributed by atoms with Crippen LogP contribution in [0.1, 0.15) is 95.8 Å². The predicted molar refractivity (Wildman–Crippen MR) is 180 cm³/mol. The molecule has 2 N–H and O–H groups in total. The lowest BCUT2D eigenvalue weighted by atomic mass is 9.81. The fraction of sp³-hybridized carbons (Fsp3) is 0.400. The first-order chi connectivity index (χ1) is 21.7. The van der Waals surface area contributed by atoms with Gasteiger partial charge in [-0.3, -0.25) is 19.0 Å². The minimum absolute atomic E-state index is 0.144. The molecule has 1 aliphatic heterocycles. The van der Waals surface area contributed by atoms with Gasteiger partial charge in [0.15, 0.2) is 0 Å². The van der Waals surface area contributed by atoms with Crippen LogP contribution < -0.4 is 14.8 Å². The Morgan fingerprint density at radius 1 is 1.09 bits per heavy atom. The van der Waals surface area contributed by atoms with Gasteiger partial charge in [-0.15, -0.1) is 0 Å². The van der Waals surface area contributed by atoms with Crippen molar-refractivity contribution in [3.05, 3.63) is 70.5 Å². The van der Waals surface area contributed by atoms with Gasteiger partial charge in [0.05, 0.1) is 42.1 Å². The van der Waals surface area contributed by atoms with Gasteiger partial charge >= 0.3 is 0 Å². The van der Waals surface area contributed by atoms with Crippen molar-refractivity contribution in [3.63, 3.8) is 0 Å². The maximum Gasteiger partial charge on any atom is 0.263 e. The summed E-state index contributed by atoms with van der Waals surface area (Å²) in [5.74, 6) is 0.568. The van der Waals surface area contributed by atoms with Crippen molar-refractivity contribution in [2.45, 2.75) is 70.1 Å². The molecule has 236 valence electrons. The lowest BCUT2D eigenvalue weighted by molar-refractivity contribution is 0.0959. The van der Waals surface area contributed by atoms with Gasteiger partial charge in [0.1, 0.15) is 16.7 Å². The molecule has 4 aromatic rings. The number of fused-ring (bicyclic) bond motifs is 5. The maximum atomic E-state index is 13.4. The molecule has 0 saturated heterocycles. The smallest absolute Gasteiger partial charge is 0.263 e. The summed E-state index contributed by atoms with van der Waals surface area (Å²) in [5, 5.41) is 8.20. The number of ether oxygens (including phenoxy) is 1. The number of allylic oxidation sites excluding steroid dienone is 1. The molecule has 6 rings (SSSR count). The molecule has 1 aliphatic carbocycles. The molecule has 2 unspecified atom stereocenters. The molecule has 2 aromatic carbocycles. The largest absolute Gasteiger partial charge is 0.497 e. The van der Waals surface area contributed by atoms with Gasteiger partial charge in [0, 0.05) is 36.1 Å². The van der Waals surface area contributed by atoms with E-state index < -0.39 is 11.0 Å². The second-order valence-corrected chi connectivity index (χ2v) is 13.7. The molecular formula is C35H41N5O4S. The van der Waals surface area contributed by atoms with Gasteiger partial charge in [-0.2, -0.15) is 5.10 Å². The zero-order chi connectivity index (χ0) is 31.8. The molecule has 10 heteroatoms. The summed E-state index contributed by atoms with van der Waals surface area (Å²) >= 11 is 0. The number of rotatable bonds is 8. The normalized spacial score (nSPS) is 16.2. The summed E-state index contributed by atoms with van der Waals surface area (Å²) in [6.07, 6.45) is 10.3. The zero-order valence-electron chi connectivity index (χ0n) is 26.6. The third-order valence-electron chi connectivity index (χ3n) is 9.40. The van der Waals surface area contributed by atoms with Gasteiger partial charge in [0.2, 0.25) is 0 Å². The number of nitrogens with one attached hydrogen (secondary N) is 2. The Balaban J connectivity index is 1.61. The second-order valence-electron chi connectivity index (χ2n) is 12.1. The van der Waals surface area contributed by atoms with Crippen LogP contribution in [0.4, 0.5) is 0 Å². The third-order valence-corrected chi connectivity index (χ3v) is 10.9. The number of benzene rings is 2. The average molecular weight is 628 g/mol. The highest BCUT2D eigenvalue weighted by molar-refractivity contribution is 7.84. The first-order valence-corrected chi connectivity index (χ1v) is 17.0. The van der Waals surface area contributed by atoms with E-state index in [0.717, 1.165) is 57.6 Å². The van der Waals surface area contributed by atoms with Crippen LogP contribution in [0.25, 0.3) is 33.8 Å². The average Bonchev–Trinajstić information content (AvgIpc) is 3.55. The molecule has 0 spiro atoms. The lowest BCUT2D eigenvalue weighted by Crippen LogP contribution is -2.31. The Bertz CT molecular complexity index is 1850. The summed E-state index contributed by atoms with van der Waals surface area (Å²) in [4.78, 5) is 26.4. The van der Waals surface area contributed by atoms with Crippen LogP contribution in [-0.4, -0.2) is 49.8 Å². The van der Waals surface area contributed by atoms with E-state index >= 15 is 0 Å². The van der Waals surface area contributed by atoms with Crippen LogP contribution >= 0.6 is 0 Å². The van der Waals surface area contributed by atoms with Crippen molar-refractivity contribution in [3.8, 4) is 17.0 Å². The van der Waals surface area contributed by atoms with Crippen molar-refractivity contribution in [2.24, 2.45) is 7.05 Å². The SMILES string of the molecule is CCC(C)S(=O)NC(=O)c1ccc2c(C3CCCCC3)c3n(c2c1)CC(c1c(C(=O)NC)cnn1C)=Cc1cc(OC)ccc1-3. The predicted octanol–water partition coefficient (Wildman–Crippen LogP) is 6.20. The number of carbonyl (C=O) groups is 2. The Labute approximate surface area is 266 Å². The van der Waals surface area contributed by atoms with Crippen LogP contribution in [0.3, 0.4) is 0 Å². The minimum Gasteiger partial charge on any atom is -0.497 e. The van der Waals surface area contributed by atoms with Gasteiger partial charge in [-0.25, -0.2) is 4.21 Å². The lowest BCUT2D eigenvalue weighted by Gasteiger charge is -2.24. The van der Waals surface area contributed by atoms with Crippen molar-refractivity contribution < 1.29 is 18.5 Å². The van der Waals surface area contributed by atoms with E-state index in [4.69, 9.17) is 4.74 Å². The van der Waals surface area contributed by atoms with E-state index in [9.17, 15) is 13.8 Å². The third kappa shape index (κ3) is 5.60. The molecule has 0 bridgehead atoms. The molecule has 2 aromatic heterocycles. The van der Waals surface area contributed by atoms with Crippen LogP contribution in [0.2, 0.25) is 0 Å². The second kappa shape index (κ2) is 12.7. The molecule has 2 aliphatic rings. The number of hydrogen-bond donors (Lipinski definition) is 2. The molecule has 0 radical (unpaired) electrons. The number of aromatic nitrogens is 3. The van der Waals surface area contributed by atoms with Crippen LogP contribution in [-0.2, 0) is 24.6 Å². The number of hydrogen-bond acceptors (Lipinski definition) is 5. The van der Waals surface area contributed by atoms with E-state index in [1.165, 1.54) is 24.8 Å². The zero-order valence-corrected chi connectivity index (χ0v) is 27.4. The molecule has 1 fully saturated rings. The number of carbonyl (C=O) groups excluding carboxylic acids is 2. The van der Waals surface area contributed by atoms with Crippen molar-refractivity contribution >= 4 is 45.4 Å². The summed E-state index contributed by atoms with van der Waals surface area (Å²) in [5.41, 5.74) is 8.05. The van der Waals surface area contributed by atoms with Crippen molar-refractivity contribution in [2.75, 3.05) is 14.2 Å². The minimum atomic E-state index is -1.48. The fourth-order valence-electron chi connectivity index (χ4n) is 6.85. The van der Waals surface area contributed by atoms with E-state index in [2.05, 4.69) is 37.9 Å². The van der Waals surface area contributed by atoms with E-state index in [0.29, 0.717) is 30.0 Å². The van der Waals surface area contributed by atoms with Gasteiger partial charge in [-0.05, 0) is 85.2 Å². The first-order valence-electron chi connectivity index (χ1n) is 15.8.